The number of nitrogens with zero attached hydrogens (tertiary/aromatic N) is 5. The van der Waals surface area contributed by atoms with Gasteiger partial charge in [-0.05, 0) is 11.0 Å². The van der Waals surface area contributed by atoms with Crippen molar-refractivity contribution in [2.75, 3.05) is 0 Å². The predicted molar refractivity (Wildman–Crippen MR) is 61.0 cm³/mol. The summed E-state index contributed by atoms with van der Waals surface area (Å²) in [7, 11) is 1.57. The topological polar surface area (TPSA) is 86.7 Å². The summed E-state index contributed by atoms with van der Waals surface area (Å²) in [5.41, 5.74) is 0.617. The fourth-order valence-corrected chi connectivity index (χ4v) is 1.40. The van der Waals surface area contributed by atoms with Crippen LogP contribution in [0.15, 0.2) is 25.2 Å². The molecule has 86 valence electrons. The van der Waals surface area contributed by atoms with Gasteiger partial charge < -0.3 is 10.1 Å². The molecule has 7 heteroatoms. The molecule has 0 saturated heterocycles. The molecule has 0 unspecified atom stereocenters. The van der Waals surface area contributed by atoms with Crippen LogP contribution in [0.2, 0.25) is 0 Å². The molecule has 2 aromatic heterocycles. The zero-order valence-electron chi connectivity index (χ0n) is 9.07. The highest BCUT2D eigenvalue weighted by molar-refractivity contribution is 5.55. The first-order valence-corrected chi connectivity index (χ1v) is 4.74. The minimum atomic E-state index is -0.491. The van der Waals surface area contributed by atoms with Crippen LogP contribution in [-0.4, -0.2) is 24.4 Å². The summed E-state index contributed by atoms with van der Waals surface area (Å²) in [4.78, 5) is 22.2. The highest BCUT2D eigenvalue weighted by Gasteiger charge is 2.18. The summed E-state index contributed by atoms with van der Waals surface area (Å²) in [6.45, 7) is 3.54. The van der Waals surface area contributed by atoms with Gasteiger partial charge >= 0.3 is 5.82 Å². The molecule has 0 aromatic carbocycles. The molecule has 2 heterocycles. The molecular weight excluding hydrogens is 222 g/mol. The van der Waals surface area contributed by atoms with Crippen LogP contribution in [0.25, 0.3) is 17.5 Å². The van der Waals surface area contributed by atoms with Crippen molar-refractivity contribution in [2.45, 2.75) is 0 Å². The van der Waals surface area contributed by atoms with Gasteiger partial charge in [0.05, 0.1) is 12.6 Å². The second kappa shape index (κ2) is 4.12. The lowest BCUT2D eigenvalue weighted by Crippen LogP contribution is -1.99. The van der Waals surface area contributed by atoms with Gasteiger partial charge in [-0.15, -0.1) is 0 Å². The third kappa shape index (κ3) is 1.89. The average molecular weight is 231 g/mol. The highest BCUT2D eigenvalue weighted by atomic mass is 16.6. The first kappa shape index (κ1) is 10.9. The van der Waals surface area contributed by atoms with Gasteiger partial charge in [0.15, 0.2) is 5.82 Å². The Bertz CT molecular complexity index is 573. The summed E-state index contributed by atoms with van der Waals surface area (Å²) in [5.74, 6) is 0.873. The molecule has 0 aliphatic carbocycles. The van der Waals surface area contributed by atoms with Crippen LogP contribution in [0, 0.1) is 10.1 Å². The van der Waals surface area contributed by atoms with E-state index in [9.17, 15) is 10.1 Å². The summed E-state index contributed by atoms with van der Waals surface area (Å²) in [6, 6.07) is 0. The fraction of sp³-hybridized carbons (Fsp3) is 0.100. The SMILES string of the molecule is C=Cc1ncc(-c2ncc([N+](=O)[O-])n2C)cn1. The van der Waals surface area contributed by atoms with E-state index in [-0.39, 0.29) is 5.82 Å². The molecule has 7 nitrogen and oxygen atoms in total. The summed E-state index contributed by atoms with van der Waals surface area (Å²) >= 11 is 0. The Morgan fingerprint density at radius 3 is 2.47 bits per heavy atom. The van der Waals surface area contributed by atoms with E-state index in [4.69, 9.17) is 0 Å². The van der Waals surface area contributed by atoms with Crippen molar-refractivity contribution < 1.29 is 4.92 Å². The van der Waals surface area contributed by atoms with E-state index in [1.54, 1.807) is 19.4 Å². The Balaban J connectivity index is 2.46. The number of aromatic nitrogens is 4. The monoisotopic (exact) mass is 231 g/mol. The van der Waals surface area contributed by atoms with E-state index >= 15 is 0 Å². The van der Waals surface area contributed by atoms with Crippen LogP contribution in [0.5, 0.6) is 0 Å². The smallest absolute Gasteiger partial charge is 0.342 e. The Hall–Kier alpha value is -2.57. The summed E-state index contributed by atoms with van der Waals surface area (Å²) in [6.07, 6.45) is 5.83. The number of hydrogen-bond acceptors (Lipinski definition) is 5. The molecule has 2 rings (SSSR count). The van der Waals surface area contributed by atoms with Gasteiger partial charge in [-0.25, -0.2) is 19.5 Å². The molecule has 0 atom stereocenters. The van der Waals surface area contributed by atoms with Crippen molar-refractivity contribution in [1.82, 2.24) is 19.5 Å². The Morgan fingerprint density at radius 1 is 1.35 bits per heavy atom. The number of hydrogen-bond donors (Lipinski definition) is 0. The molecule has 0 radical (unpaired) electrons. The number of imidazole rings is 1. The van der Waals surface area contributed by atoms with Crippen molar-refractivity contribution in [3.8, 4) is 11.4 Å². The summed E-state index contributed by atoms with van der Waals surface area (Å²) in [5, 5.41) is 10.7. The molecule has 2 aromatic rings. The molecule has 0 aliphatic heterocycles. The highest BCUT2D eigenvalue weighted by Crippen LogP contribution is 2.20. The molecule has 0 fully saturated rings. The van der Waals surface area contributed by atoms with Crippen LogP contribution in [0.1, 0.15) is 5.82 Å². The first-order chi connectivity index (χ1) is 8.13. The van der Waals surface area contributed by atoms with Crippen molar-refractivity contribution in [3.05, 3.63) is 41.1 Å². The maximum absolute atomic E-state index is 10.7. The molecule has 17 heavy (non-hydrogen) atoms. The van der Waals surface area contributed by atoms with Crippen LogP contribution < -0.4 is 0 Å². The van der Waals surface area contributed by atoms with Gasteiger partial charge in [0, 0.05) is 12.4 Å². The predicted octanol–water partition coefficient (Wildman–Crippen LogP) is 1.43. The maximum atomic E-state index is 10.7. The minimum absolute atomic E-state index is 0.0761. The van der Waals surface area contributed by atoms with E-state index < -0.39 is 4.92 Å². The second-order valence-electron chi connectivity index (χ2n) is 3.29. The molecule has 0 saturated carbocycles. The lowest BCUT2D eigenvalue weighted by atomic mass is 10.3. The Labute approximate surface area is 96.6 Å². The normalized spacial score (nSPS) is 10.2. The lowest BCUT2D eigenvalue weighted by Gasteiger charge is -1.98. The Morgan fingerprint density at radius 2 is 2.00 bits per heavy atom. The zero-order chi connectivity index (χ0) is 12.4. The maximum Gasteiger partial charge on any atom is 0.342 e. The third-order valence-corrected chi connectivity index (χ3v) is 2.26. The lowest BCUT2D eigenvalue weighted by molar-refractivity contribution is -0.391. The minimum Gasteiger partial charge on any atom is -0.358 e. The van der Waals surface area contributed by atoms with Gasteiger partial charge in [-0.3, -0.25) is 0 Å². The average Bonchev–Trinajstić information content (AvgIpc) is 2.71. The summed E-state index contributed by atoms with van der Waals surface area (Å²) < 4.78 is 1.38. The largest absolute Gasteiger partial charge is 0.358 e. The van der Waals surface area contributed by atoms with Crippen LogP contribution in [-0.2, 0) is 7.05 Å². The van der Waals surface area contributed by atoms with Gasteiger partial charge in [-0.1, -0.05) is 6.58 Å². The molecular formula is C10H9N5O2. The van der Waals surface area contributed by atoms with Gasteiger partial charge in [0.25, 0.3) is 0 Å². The van der Waals surface area contributed by atoms with Gasteiger partial charge in [0.2, 0.25) is 5.82 Å². The molecule has 0 N–H and O–H groups in total. The molecule has 0 bridgehead atoms. The number of rotatable bonds is 3. The molecule has 0 spiro atoms. The van der Waals surface area contributed by atoms with E-state index in [2.05, 4.69) is 21.5 Å². The van der Waals surface area contributed by atoms with Crippen LogP contribution in [0.4, 0.5) is 5.82 Å². The van der Waals surface area contributed by atoms with Gasteiger partial charge in [0.1, 0.15) is 6.20 Å². The van der Waals surface area contributed by atoms with Crippen LogP contribution >= 0.6 is 0 Å². The Kier molecular flexibility index (Phi) is 2.65. The standard InChI is InChI=1S/C10H9N5O2/c1-3-8-11-4-7(5-12-8)10-13-6-9(14(10)2)15(16)17/h3-6H,1H2,2H3. The molecule has 0 aliphatic rings. The fourth-order valence-electron chi connectivity index (χ4n) is 1.40. The van der Waals surface area contributed by atoms with Crippen molar-refractivity contribution in [3.63, 3.8) is 0 Å². The van der Waals surface area contributed by atoms with E-state index in [1.165, 1.54) is 16.8 Å². The van der Waals surface area contributed by atoms with Crippen molar-refractivity contribution in [2.24, 2.45) is 7.05 Å². The van der Waals surface area contributed by atoms with Crippen molar-refractivity contribution >= 4 is 11.9 Å². The van der Waals surface area contributed by atoms with E-state index in [1.807, 2.05) is 0 Å². The van der Waals surface area contributed by atoms with E-state index in [0.29, 0.717) is 17.2 Å². The number of nitro groups is 1. The third-order valence-electron chi connectivity index (χ3n) is 2.26. The zero-order valence-corrected chi connectivity index (χ0v) is 9.07. The second-order valence-corrected chi connectivity index (χ2v) is 3.29. The first-order valence-electron chi connectivity index (χ1n) is 4.74. The quantitative estimate of drug-likeness (QED) is 0.589. The van der Waals surface area contributed by atoms with Crippen molar-refractivity contribution in [1.29, 1.82) is 0 Å². The molecule has 0 amide bonds. The van der Waals surface area contributed by atoms with Crippen LogP contribution in [0.3, 0.4) is 0 Å². The van der Waals surface area contributed by atoms with Gasteiger partial charge in [-0.2, -0.15) is 0 Å². The van der Waals surface area contributed by atoms with E-state index in [0.717, 1.165) is 0 Å².